The van der Waals surface area contributed by atoms with Crippen molar-refractivity contribution in [1.29, 1.82) is 0 Å². The van der Waals surface area contributed by atoms with E-state index >= 15 is 0 Å². The van der Waals surface area contributed by atoms with Gasteiger partial charge in [-0.2, -0.15) is 0 Å². The van der Waals surface area contributed by atoms with E-state index in [1.807, 2.05) is 13.8 Å². The lowest BCUT2D eigenvalue weighted by Gasteiger charge is -2.21. The van der Waals surface area contributed by atoms with Gasteiger partial charge >= 0.3 is 17.8 Å². The molecule has 2 fully saturated rings. The van der Waals surface area contributed by atoms with Crippen LogP contribution >= 0.6 is 0 Å². The number of imide groups is 2. The van der Waals surface area contributed by atoms with Crippen molar-refractivity contribution in [3.05, 3.63) is 0 Å². The third kappa shape index (κ3) is 3.06. The van der Waals surface area contributed by atoms with Gasteiger partial charge < -0.3 is 5.32 Å². The Balaban J connectivity index is 2.03. The first-order chi connectivity index (χ1) is 9.95. The SMILES string of the molecule is CC[C@@H](C)NC(=O)CN1C(=O)C(=O)N(C2CCCC2)C1=O. The van der Waals surface area contributed by atoms with Gasteiger partial charge in [0.2, 0.25) is 5.91 Å². The summed E-state index contributed by atoms with van der Waals surface area (Å²) in [6, 6.07) is -0.889. The van der Waals surface area contributed by atoms with Crippen molar-refractivity contribution in [2.24, 2.45) is 0 Å². The van der Waals surface area contributed by atoms with Crippen LogP contribution in [0.2, 0.25) is 0 Å². The molecule has 1 saturated carbocycles. The first kappa shape index (κ1) is 15.5. The van der Waals surface area contributed by atoms with Crippen LogP contribution in [0.15, 0.2) is 0 Å². The summed E-state index contributed by atoms with van der Waals surface area (Å²) in [7, 11) is 0. The fourth-order valence-corrected chi connectivity index (χ4v) is 2.71. The van der Waals surface area contributed by atoms with E-state index in [1.54, 1.807) is 0 Å². The molecule has 1 N–H and O–H groups in total. The highest BCUT2D eigenvalue weighted by molar-refractivity contribution is 6.45. The van der Waals surface area contributed by atoms with E-state index in [0.29, 0.717) is 0 Å². The zero-order chi connectivity index (χ0) is 15.6. The van der Waals surface area contributed by atoms with Crippen LogP contribution < -0.4 is 5.32 Å². The third-order valence-corrected chi connectivity index (χ3v) is 4.10. The van der Waals surface area contributed by atoms with Gasteiger partial charge in [-0.1, -0.05) is 19.8 Å². The summed E-state index contributed by atoms with van der Waals surface area (Å²) in [4.78, 5) is 49.7. The largest absolute Gasteiger partial charge is 0.352 e. The van der Waals surface area contributed by atoms with E-state index in [1.165, 1.54) is 0 Å². The van der Waals surface area contributed by atoms with Crippen molar-refractivity contribution in [2.45, 2.75) is 58.0 Å². The number of carbonyl (C=O) groups is 4. The monoisotopic (exact) mass is 295 g/mol. The number of nitrogens with zero attached hydrogens (tertiary/aromatic N) is 2. The minimum Gasteiger partial charge on any atom is -0.352 e. The Labute approximate surface area is 123 Å². The maximum atomic E-state index is 12.2. The molecule has 0 spiro atoms. The van der Waals surface area contributed by atoms with Crippen molar-refractivity contribution in [1.82, 2.24) is 15.1 Å². The summed E-state index contributed by atoms with van der Waals surface area (Å²) < 4.78 is 0. The second kappa shape index (κ2) is 6.24. The quantitative estimate of drug-likeness (QED) is 0.595. The molecule has 116 valence electrons. The molecule has 2 rings (SSSR count). The van der Waals surface area contributed by atoms with E-state index in [2.05, 4.69) is 5.32 Å². The molecule has 0 aromatic rings. The van der Waals surface area contributed by atoms with E-state index in [-0.39, 0.29) is 12.1 Å². The Bertz CT molecular complexity index is 471. The van der Waals surface area contributed by atoms with Gasteiger partial charge in [0.1, 0.15) is 6.54 Å². The average molecular weight is 295 g/mol. The van der Waals surface area contributed by atoms with E-state index in [0.717, 1.165) is 41.9 Å². The molecule has 0 unspecified atom stereocenters. The van der Waals surface area contributed by atoms with Crippen molar-refractivity contribution >= 4 is 23.8 Å². The highest BCUT2D eigenvalue weighted by atomic mass is 16.2. The molecular formula is C14H21N3O4. The number of hydrogen-bond donors (Lipinski definition) is 1. The molecule has 1 heterocycles. The third-order valence-electron chi connectivity index (χ3n) is 4.10. The van der Waals surface area contributed by atoms with E-state index in [4.69, 9.17) is 0 Å². The molecule has 1 saturated heterocycles. The normalized spacial score (nSPS) is 21.3. The number of rotatable bonds is 5. The molecule has 1 aliphatic heterocycles. The first-order valence-electron chi connectivity index (χ1n) is 7.44. The van der Waals surface area contributed by atoms with Gasteiger partial charge in [-0.25, -0.2) is 9.69 Å². The van der Waals surface area contributed by atoms with Crippen LogP contribution in [0.25, 0.3) is 0 Å². The summed E-state index contributed by atoms with van der Waals surface area (Å²) >= 11 is 0. The molecule has 7 heteroatoms. The molecule has 0 aromatic heterocycles. The standard InChI is InChI=1S/C14H21N3O4/c1-3-9(2)15-11(18)8-16-12(19)13(20)17(14(16)21)10-6-4-5-7-10/h9-10H,3-8H2,1-2H3,(H,15,18)/t9-/m1/s1. The molecule has 2 aliphatic rings. The van der Waals surface area contributed by atoms with Crippen LogP contribution in [-0.2, 0) is 14.4 Å². The van der Waals surface area contributed by atoms with Gasteiger partial charge in [0, 0.05) is 12.1 Å². The molecular weight excluding hydrogens is 274 g/mol. The Morgan fingerprint density at radius 1 is 1.24 bits per heavy atom. The fraction of sp³-hybridized carbons (Fsp3) is 0.714. The second-order valence-corrected chi connectivity index (χ2v) is 5.66. The minimum atomic E-state index is -0.897. The minimum absolute atomic E-state index is 0.0352. The second-order valence-electron chi connectivity index (χ2n) is 5.66. The summed E-state index contributed by atoms with van der Waals surface area (Å²) in [6.07, 6.45) is 4.12. The van der Waals surface area contributed by atoms with Crippen molar-refractivity contribution in [3.8, 4) is 0 Å². The van der Waals surface area contributed by atoms with E-state index < -0.39 is 30.3 Å². The zero-order valence-corrected chi connectivity index (χ0v) is 12.4. The van der Waals surface area contributed by atoms with Crippen LogP contribution in [-0.4, -0.2) is 52.2 Å². The molecule has 7 nitrogen and oxygen atoms in total. The molecule has 21 heavy (non-hydrogen) atoms. The van der Waals surface area contributed by atoms with Crippen LogP contribution in [0.5, 0.6) is 0 Å². The van der Waals surface area contributed by atoms with E-state index in [9.17, 15) is 19.2 Å². The topological polar surface area (TPSA) is 86.8 Å². The zero-order valence-electron chi connectivity index (χ0n) is 12.4. The maximum Gasteiger partial charge on any atom is 0.334 e. The highest BCUT2D eigenvalue weighted by Gasteiger charge is 2.48. The molecule has 0 radical (unpaired) electrons. The summed E-state index contributed by atoms with van der Waals surface area (Å²) in [6.45, 7) is 3.36. The lowest BCUT2D eigenvalue weighted by atomic mass is 10.2. The smallest absolute Gasteiger partial charge is 0.334 e. The van der Waals surface area contributed by atoms with Crippen LogP contribution in [0.3, 0.4) is 0 Å². The van der Waals surface area contributed by atoms with Gasteiger partial charge in [-0.05, 0) is 26.2 Å². The molecule has 1 atom stereocenters. The van der Waals surface area contributed by atoms with Gasteiger partial charge in [-0.15, -0.1) is 0 Å². The number of nitrogens with one attached hydrogen (secondary N) is 1. The Hall–Kier alpha value is -1.92. The number of urea groups is 1. The predicted octanol–water partition coefficient (Wildman–Crippen LogP) is 0.634. The highest BCUT2D eigenvalue weighted by Crippen LogP contribution is 2.27. The van der Waals surface area contributed by atoms with Crippen molar-refractivity contribution in [2.75, 3.05) is 6.54 Å². The lowest BCUT2D eigenvalue weighted by molar-refractivity contribution is -0.144. The molecule has 5 amide bonds. The summed E-state index contributed by atoms with van der Waals surface area (Å²) in [5, 5.41) is 2.68. The van der Waals surface area contributed by atoms with Gasteiger partial charge in [0.25, 0.3) is 0 Å². The Morgan fingerprint density at radius 2 is 1.86 bits per heavy atom. The van der Waals surface area contributed by atoms with Gasteiger partial charge in [-0.3, -0.25) is 19.3 Å². The summed E-state index contributed by atoms with van der Waals surface area (Å²) in [5.41, 5.74) is 0. The number of hydrogen-bond acceptors (Lipinski definition) is 4. The van der Waals surface area contributed by atoms with Crippen LogP contribution in [0, 0.1) is 0 Å². The van der Waals surface area contributed by atoms with Crippen LogP contribution in [0.4, 0.5) is 4.79 Å². The fourth-order valence-electron chi connectivity index (χ4n) is 2.71. The maximum absolute atomic E-state index is 12.2. The van der Waals surface area contributed by atoms with Gasteiger partial charge in [0.05, 0.1) is 0 Å². The summed E-state index contributed by atoms with van der Waals surface area (Å²) in [5.74, 6) is -2.12. The predicted molar refractivity (Wildman–Crippen MR) is 74.1 cm³/mol. The number of carbonyl (C=O) groups excluding carboxylic acids is 4. The van der Waals surface area contributed by atoms with Gasteiger partial charge in [0.15, 0.2) is 0 Å². The van der Waals surface area contributed by atoms with Crippen molar-refractivity contribution in [3.63, 3.8) is 0 Å². The lowest BCUT2D eigenvalue weighted by Crippen LogP contribution is -2.44. The molecule has 1 aliphatic carbocycles. The Kier molecular flexibility index (Phi) is 4.59. The molecule has 0 aromatic carbocycles. The molecule has 0 bridgehead atoms. The average Bonchev–Trinajstić information content (AvgIpc) is 3.03. The number of amides is 5. The first-order valence-corrected chi connectivity index (χ1v) is 7.44. The van der Waals surface area contributed by atoms with Crippen LogP contribution in [0.1, 0.15) is 46.0 Å². The Morgan fingerprint density at radius 3 is 2.43 bits per heavy atom. The van der Waals surface area contributed by atoms with Crippen molar-refractivity contribution < 1.29 is 19.2 Å².